The van der Waals surface area contributed by atoms with E-state index < -0.39 is 5.97 Å². The Morgan fingerprint density at radius 3 is 2.77 bits per heavy atom. The molecule has 0 saturated heterocycles. The van der Waals surface area contributed by atoms with Crippen LogP contribution in [0.3, 0.4) is 0 Å². The van der Waals surface area contributed by atoms with E-state index in [1.807, 2.05) is 6.92 Å². The van der Waals surface area contributed by atoms with E-state index in [-0.39, 0.29) is 18.4 Å². The van der Waals surface area contributed by atoms with Crippen LogP contribution in [0, 0.1) is 5.92 Å². The number of carbonyl (C=O) groups is 1. The lowest BCUT2D eigenvalue weighted by Gasteiger charge is -2.30. The van der Waals surface area contributed by atoms with Gasteiger partial charge in [0.05, 0.1) is 12.5 Å². The van der Waals surface area contributed by atoms with E-state index in [1.54, 1.807) is 0 Å². The highest BCUT2D eigenvalue weighted by molar-refractivity contribution is 5.67. The molecule has 1 rings (SSSR count). The summed E-state index contributed by atoms with van der Waals surface area (Å²) in [5, 5.41) is 8.70. The highest BCUT2D eigenvalue weighted by Gasteiger charge is 2.27. The zero-order valence-corrected chi connectivity index (χ0v) is 8.16. The van der Waals surface area contributed by atoms with Crippen LogP contribution in [0.4, 0.5) is 0 Å². The number of rotatable bonds is 4. The van der Waals surface area contributed by atoms with Crippen LogP contribution in [0.25, 0.3) is 0 Å². The Balaban J connectivity index is 2.41. The number of hydrogen-bond acceptors (Lipinski definition) is 2. The first kappa shape index (κ1) is 10.5. The molecule has 1 aliphatic rings. The molecule has 0 spiro atoms. The van der Waals surface area contributed by atoms with Crippen LogP contribution in [-0.4, -0.2) is 23.8 Å². The summed E-state index contributed by atoms with van der Waals surface area (Å²) in [6.45, 7) is 2.66. The van der Waals surface area contributed by atoms with Crippen molar-refractivity contribution in [2.75, 3.05) is 6.61 Å². The standard InChI is InChI=1S/C10H18O3/c1-2-13-9-6-4-3-5-8(9)7-10(11)12/h8-9H,2-7H2,1H3,(H,11,12)/t8-,9-/m1/s1. The molecule has 1 fully saturated rings. The maximum atomic E-state index is 10.6. The maximum Gasteiger partial charge on any atom is 0.303 e. The Bertz CT molecular complexity index is 166. The van der Waals surface area contributed by atoms with Crippen molar-refractivity contribution in [1.29, 1.82) is 0 Å². The third-order valence-corrected chi connectivity index (χ3v) is 2.66. The average molecular weight is 186 g/mol. The van der Waals surface area contributed by atoms with Gasteiger partial charge in [0.15, 0.2) is 0 Å². The van der Waals surface area contributed by atoms with Crippen molar-refractivity contribution in [1.82, 2.24) is 0 Å². The van der Waals surface area contributed by atoms with Crippen molar-refractivity contribution in [3.8, 4) is 0 Å². The molecule has 0 radical (unpaired) electrons. The number of aliphatic carboxylic acids is 1. The second-order valence-electron chi connectivity index (χ2n) is 3.64. The van der Waals surface area contributed by atoms with Gasteiger partial charge in [0.2, 0.25) is 0 Å². The molecule has 3 heteroatoms. The van der Waals surface area contributed by atoms with Crippen LogP contribution in [0.1, 0.15) is 39.0 Å². The minimum atomic E-state index is -0.698. The van der Waals surface area contributed by atoms with Crippen molar-refractivity contribution >= 4 is 5.97 Å². The third kappa shape index (κ3) is 3.35. The van der Waals surface area contributed by atoms with Crippen LogP contribution in [0.5, 0.6) is 0 Å². The van der Waals surface area contributed by atoms with Gasteiger partial charge in [0, 0.05) is 6.61 Å². The lowest BCUT2D eigenvalue weighted by atomic mass is 9.84. The Morgan fingerprint density at radius 1 is 1.46 bits per heavy atom. The average Bonchev–Trinajstić information content (AvgIpc) is 2.08. The molecule has 0 unspecified atom stereocenters. The Morgan fingerprint density at radius 2 is 2.15 bits per heavy atom. The highest BCUT2D eigenvalue weighted by atomic mass is 16.5. The maximum absolute atomic E-state index is 10.6. The Kier molecular flexibility index (Phi) is 4.22. The van der Waals surface area contributed by atoms with Crippen LogP contribution < -0.4 is 0 Å². The number of carboxylic acids is 1. The summed E-state index contributed by atoms with van der Waals surface area (Å²) in [4.78, 5) is 10.6. The quantitative estimate of drug-likeness (QED) is 0.731. The number of ether oxygens (including phenoxy) is 1. The summed E-state index contributed by atoms with van der Waals surface area (Å²) in [5.41, 5.74) is 0. The first-order valence-electron chi connectivity index (χ1n) is 5.07. The highest BCUT2D eigenvalue weighted by Crippen LogP contribution is 2.29. The monoisotopic (exact) mass is 186 g/mol. The largest absolute Gasteiger partial charge is 0.481 e. The second-order valence-corrected chi connectivity index (χ2v) is 3.64. The number of hydrogen-bond donors (Lipinski definition) is 1. The zero-order chi connectivity index (χ0) is 9.68. The molecule has 76 valence electrons. The molecule has 2 atom stereocenters. The summed E-state index contributed by atoms with van der Waals surface area (Å²) in [6, 6.07) is 0. The van der Waals surface area contributed by atoms with Crippen molar-refractivity contribution in [2.24, 2.45) is 5.92 Å². The topological polar surface area (TPSA) is 46.5 Å². The predicted octanol–water partition coefficient (Wildman–Crippen LogP) is 2.06. The first-order chi connectivity index (χ1) is 6.24. The van der Waals surface area contributed by atoms with Gasteiger partial charge in [-0.15, -0.1) is 0 Å². The molecular formula is C10H18O3. The van der Waals surface area contributed by atoms with Gasteiger partial charge in [-0.25, -0.2) is 0 Å². The van der Waals surface area contributed by atoms with E-state index in [2.05, 4.69) is 0 Å². The molecular weight excluding hydrogens is 168 g/mol. The van der Waals surface area contributed by atoms with Gasteiger partial charge in [0.1, 0.15) is 0 Å². The molecule has 1 saturated carbocycles. The van der Waals surface area contributed by atoms with E-state index in [0.717, 1.165) is 19.3 Å². The van der Waals surface area contributed by atoms with E-state index >= 15 is 0 Å². The van der Waals surface area contributed by atoms with Gasteiger partial charge < -0.3 is 9.84 Å². The predicted molar refractivity (Wildman–Crippen MR) is 49.6 cm³/mol. The lowest BCUT2D eigenvalue weighted by Crippen LogP contribution is -2.29. The fourth-order valence-corrected chi connectivity index (χ4v) is 2.06. The van der Waals surface area contributed by atoms with Crippen molar-refractivity contribution < 1.29 is 14.6 Å². The Labute approximate surface area is 79.1 Å². The van der Waals surface area contributed by atoms with Crippen LogP contribution in [-0.2, 0) is 9.53 Å². The molecule has 0 aliphatic heterocycles. The van der Waals surface area contributed by atoms with E-state index in [9.17, 15) is 4.79 Å². The van der Waals surface area contributed by atoms with Crippen molar-refractivity contribution in [3.63, 3.8) is 0 Å². The molecule has 0 bridgehead atoms. The third-order valence-electron chi connectivity index (χ3n) is 2.66. The zero-order valence-electron chi connectivity index (χ0n) is 8.16. The normalized spacial score (nSPS) is 28.7. The van der Waals surface area contributed by atoms with E-state index in [4.69, 9.17) is 9.84 Å². The second kappa shape index (κ2) is 5.22. The molecule has 3 nitrogen and oxygen atoms in total. The molecule has 0 amide bonds. The molecule has 0 aromatic rings. The smallest absolute Gasteiger partial charge is 0.303 e. The van der Waals surface area contributed by atoms with E-state index in [0.29, 0.717) is 6.61 Å². The molecule has 1 aliphatic carbocycles. The fraction of sp³-hybridized carbons (Fsp3) is 0.900. The Hall–Kier alpha value is -0.570. The van der Waals surface area contributed by atoms with Crippen LogP contribution in [0.2, 0.25) is 0 Å². The van der Waals surface area contributed by atoms with Gasteiger partial charge in [-0.1, -0.05) is 12.8 Å². The van der Waals surface area contributed by atoms with Gasteiger partial charge in [-0.3, -0.25) is 4.79 Å². The molecule has 0 aromatic heterocycles. The fourth-order valence-electron chi connectivity index (χ4n) is 2.06. The van der Waals surface area contributed by atoms with Gasteiger partial charge in [-0.2, -0.15) is 0 Å². The SMILES string of the molecule is CCO[C@@H]1CCCC[C@@H]1CC(=O)O. The molecule has 1 N–H and O–H groups in total. The molecule has 0 heterocycles. The minimum Gasteiger partial charge on any atom is -0.481 e. The number of carboxylic acid groups (broad SMARTS) is 1. The van der Waals surface area contributed by atoms with Gasteiger partial charge >= 0.3 is 5.97 Å². The van der Waals surface area contributed by atoms with Crippen LogP contribution >= 0.6 is 0 Å². The van der Waals surface area contributed by atoms with Crippen LogP contribution in [0.15, 0.2) is 0 Å². The van der Waals surface area contributed by atoms with Gasteiger partial charge in [0.25, 0.3) is 0 Å². The van der Waals surface area contributed by atoms with Gasteiger partial charge in [-0.05, 0) is 25.7 Å². The summed E-state index contributed by atoms with van der Waals surface area (Å²) in [5.74, 6) is -0.456. The summed E-state index contributed by atoms with van der Waals surface area (Å²) in [6.07, 6.45) is 4.84. The molecule has 13 heavy (non-hydrogen) atoms. The summed E-state index contributed by atoms with van der Waals surface area (Å²) in [7, 11) is 0. The summed E-state index contributed by atoms with van der Waals surface area (Å²) >= 11 is 0. The van der Waals surface area contributed by atoms with E-state index in [1.165, 1.54) is 6.42 Å². The lowest BCUT2D eigenvalue weighted by molar-refractivity contribution is -0.140. The van der Waals surface area contributed by atoms with Crippen molar-refractivity contribution in [3.05, 3.63) is 0 Å². The summed E-state index contributed by atoms with van der Waals surface area (Å²) < 4.78 is 5.53. The first-order valence-corrected chi connectivity index (χ1v) is 5.07. The minimum absolute atomic E-state index is 0.190. The molecule has 0 aromatic carbocycles. The van der Waals surface area contributed by atoms with Crippen molar-refractivity contribution in [2.45, 2.75) is 45.1 Å².